The zero-order valence-corrected chi connectivity index (χ0v) is 11.0. The van der Waals surface area contributed by atoms with Crippen molar-refractivity contribution in [1.82, 2.24) is 0 Å². The fourth-order valence-corrected chi connectivity index (χ4v) is 2.76. The van der Waals surface area contributed by atoms with Crippen LogP contribution in [0.2, 0.25) is 6.04 Å². The Kier molecular flexibility index (Phi) is 8.21. The Bertz CT molecular complexity index is 139. The van der Waals surface area contributed by atoms with Crippen molar-refractivity contribution in [1.29, 1.82) is 0 Å². The Labute approximate surface area is 92.7 Å². The van der Waals surface area contributed by atoms with Crippen LogP contribution in [0.15, 0.2) is 0 Å². The first-order chi connectivity index (χ1) is 7.17. The fourth-order valence-electron chi connectivity index (χ4n) is 1.04. The summed E-state index contributed by atoms with van der Waals surface area (Å²) in [6, 6.07) is 0.885. The quantitative estimate of drug-likeness (QED) is 0.544. The predicted octanol–water partition coefficient (Wildman–Crippen LogP) is 0.652. The largest absolute Gasteiger partial charge is 0.500 e. The summed E-state index contributed by atoms with van der Waals surface area (Å²) in [5.74, 6) is 0. The molecule has 92 valence electrons. The molecule has 0 amide bonds. The zero-order valence-electron chi connectivity index (χ0n) is 9.99. The Morgan fingerprint density at radius 3 is 1.80 bits per heavy atom. The first kappa shape index (κ1) is 15.0. The third-order valence-corrected chi connectivity index (χ3v) is 5.07. The Morgan fingerprint density at radius 1 is 1.27 bits per heavy atom. The summed E-state index contributed by atoms with van der Waals surface area (Å²) in [5.41, 5.74) is 0. The Hall–Kier alpha value is 0.0169. The SMILES string of the molecule is CCC[Si](OC)(OC)OC.OC[C@@H]1CO1. The highest BCUT2D eigenvalue weighted by atomic mass is 28.4. The summed E-state index contributed by atoms with van der Waals surface area (Å²) < 4.78 is 20.1. The minimum absolute atomic E-state index is 0.190. The molecule has 0 saturated carbocycles. The molecule has 0 aromatic heterocycles. The average molecular weight is 238 g/mol. The van der Waals surface area contributed by atoms with Gasteiger partial charge in [-0.2, -0.15) is 0 Å². The van der Waals surface area contributed by atoms with E-state index in [0.717, 1.165) is 19.1 Å². The molecule has 0 aromatic rings. The Morgan fingerprint density at radius 2 is 1.73 bits per heavy atom. The zero-order chi connectivity index (χ0) is 11.7. The van der Waals surface area contributed by atoms with Gasteiger partial charge in [0.2, 0.25) is 0 Å². The molecule has 1 heterocycles. The van der Waals surface area contributed by atoms with E-state index in [-0.39, 0.29) is 12.7 Å². The second-order valence-corrected chi connectivity index (χ2v) is 6.27. The first-order valence-electron chi connectivity index (χ1n) is 5.05. The van der Waals surface area contributed by atoms with Crippen molar-refractivity contribution >= 4 is 8.80 Å². The average Bonchev–Trinajstić information content (AvgIpc) is 3.10. The molecule has 1 atom stereocenters. The van der Waals surface area contributed by atoms with Crippen molar-refractivity contribution in [3.8, 4) is 0 Å². The molecular weight excluding hydrogens is 216 g/mol. The van der Waals surface area contributed by atoms with Crippen LogP contribution in [0.5, 0.6) is 0 Å². The van der Waals surface area contributed by atoms with Crippen LogP contribution >= 0.6 is 0 Å². The normalized spacial score (nSPS) is 19.4. The molecule has 0 radical (unpaired) electrons. The summed E-state index contributed by atoms with van der Waals surface area (Å²) in [4.78, 5) is 0. The molecule has 0 unspecified atom stereocenters. The minimum atomic E-state index is -2.22. The molecule has 0 aliphatic carbocycles. The van der Waals surface area contributed by atoms with Gasteiger partial charge in [0.1, 0.15) is 6.10 Å². The fraction of sp³-hybridized carbons (Fsp3) is 1.00. The number of aliphatic hydroxyl groups excluding tert-OH is 1. The summed E-state index contributed by atoms with van der Waals surface area (Å²) in [6.45, 7) is 3.04. The molecule has 1 rings (SSSR count). The minimum Gasteiger partial charge on any atom is -0.394 e. The van der Waals surface area contributed by atoms with Gasteiger partial charge in [0, 0.05) is 27.4 Å². The van der Waals surface area contributed by atoms with Crippen molar-refractivity contribution in [3.05, 3.63) is 0 Å². The summed E-state index contributed by atoms with van der Waals surface area (Å²) in [6.07, 6.45) is 1.22. The molecule has 6 heteroatoms. The van der Waals surface area contributed by atoms with E-state index in [4.69, 9.17) is 18.4 Å². The number of ether oxygens (including phenoxy) is 1. The molecule has 0 aromatic carbocycles. The van der Waals surface area contributed by atoms with E-state index < -0.39 is 8.80 Å². The molecule has 15 heavy (non-hydrogen) atoms. The lowest BCUT2D eigenvalue weighted by Crippen LogP contribution is -2.42. The smallest absolute Gasteiger partial charge is 0.394 e. The number of rotatable bonds is 6. The molecule has 1 aliphatic heterocycles. The monoisotopic (exact) mass is 238 g/mol. The standard InChI is InChI=1S/C6H16O3Si.C3H6O2/c1-5-6-10(7-2,8-3)9-4;4-1-3-2-5-3/h5-6H2,1-4H3;3-4H,1-2H2/t;3-/m.1/s1. The topological polar surface area (TPSA) is 60.5 Å². The molecule has 5 nitrogen and oxygen atoms in total. The predicted molar refractivity (Wildman–Crippen MR) is 58.7 cm³/mol. The summed E-state index contributed by atoms with van der Waals surface area (Å²) >= 11 is 0. The molecule has 1 aliphatic rings. The van der Waals surface area contributed by atoms with Gasteiger partial charge in [-0.25, -0.2) is 0 Å². The second-order valence-electron chi connectivity index (χ2n) is 3.18. The van der Waals surface area contributed by atoms with E-state index in [2.05, 4.69) is 11.7 Å². The third kappa shape index (κ3) is 6.24. The van der Waals surface area contributed by atoms with E-state index in [1.54, 1.807) is 21.3 Å². The van der Waals surface area contributed by atoms with Crippen LogP contribution in [0.3, 0.4) is 0 Å². The van der Waals surface area contributed by atoms with E-state index in [9.17, 15) is 0 Å². The summed E-state index contributed by atoms with van der Waals surface area (Å²) in [7, 11) is 2.68. The van der Waals surface area contributed by atoms with Crippen molar-refractivity contribution in [2.75, 3.05) is 34.5 Å². The van der Waals surface area contributed by atoms with Gasteiger partial charge in [0.05, 0.1) is 13.2 Å². The molecule has 1 saturated heterocycles. The number of hydrogen-bond donors (Lipinski definition) is 1. The van der Waals surface area contributed by atoms with Crippen molar-refractivity contribution < 1.29 is 23.1 Å². The summed E-state index contributed by atoms with van der Waals surface area (Å²) in [5, 5.41) is 8.08. The highest BCUT2D eigenvalue weighted by Crippen LogP contribution is 2.13. The molecular formula is C9H22O5Si. The highest BCUT2D eigenvalue weighted by molar-refractivity contribution is 6.60. The van der Waals surface area contributed by atoms with Gasteiger partial charge in [-0.3, -0.25) is 0 Å². The van der Waals surface area contributed by atoms with Crippen LogP contribution in [0, 0.1) is 0 Å². The van der Waals surface area contributed by atoms with Crippen molar-refractivity contribution in [3.63, 3.8) is 0 Å². The van der Waals surface area contributed by atoms with E-state index in [1.165, 1.54) is 0 Å². The van der Waals surface area contributed by atoms with Gasteiger partial charge in [0.15, 0.2) is 0 Å². The first-order valence-corrected chi connectivity index (χ1v) is 6.99. The molecule has 1 fully saturated rings. The molecule has 0 bridgehead atoms. The van der Waals surface area contributed by atoms with Crippen LogP contribution in [0.25, 0.3) is 0 Å². The van der Waals surface area contributed by atoms with E-state index >= 15 is 0 Å². The maximum Gasteiger partial charge on any atom is 0.500 e. The van der Waals surface area contributed by atoms with Crippen molar-refractivity contribution in [2.24, 2.45) is 0 Å². The number of hydrogen-bond acceptors (Lipinski definition) is 5. The van der Waals surface area contributed by atoms with Gasteiger partial charge in [-0.05, 0) is 0 Å². The number of epoxide rings is 1. The lowest BCUT2D eigenvalue weighted by atomic mass is 10.5. The maximum atomic E-state index is 8.08. The maximum absolute atomic E-state index is 8.08. The van der Waals surface area contributed by atoms with Gasteiger partial charge in [0.25, 0.3) is 0 Å². The lowest BCUT2D eigenvalue weighted by Gasteiger charge is -2.23. The van der Waals surface area contributed by atoms with Crippen LogP contribution < -0.4 is 0 Å². The highest BCUT2D eigenvalue weighted by Gasteiger charge is 2.36. The molecule has 1 N–H and O–H groups in total. The van der Waals surface area contributed by atoms with E-state index in [1.807, 2.05) is 0 Å². The van der Waals surface area contributed by atoms with Gasteiger partial charge in [-0.1, -0.05) is 13.3 Å². The lowest BCUT2D eigenvalue weighted by molar-refractivity contribution is 0.123. The van der Waals surface area contributed by atoms with Gasteiger partial charge < -0.3 is 23.1 Å². The second kappa shape index (κ2) is 8.20. The van der Waals surface area contributed by atoms with E-state index in [0.29, 0.717) is 0 Å². The number of aliphatic hydroxyl groups is 1. The van der Waals surface area contributed by atoms with Gasteiger partial charge in [-0.15, -0.1) is 0 Å². The molecule has 0 spiro atoms. The van der Waals surface area contributed by atoms with Crippen LogP contribution in [-0.4, -0.2) is 54.6 Å². The Balaban J connectivity index is 0.000000322. The van der Waals surface area contributed by atoms with Crippen LogP contribution in [0.4, 0.5) is 0 Å². The van der Waals surface area contributed by atoms with Crippen LogP contribution in [-0.2, 0) is 18.0 Å². The van der Waals surface area contributed by atoms with Crippen LogP contribution in [0.1, 0.15) is 13.3 Å². The van der Waals surface area contributed by atoms with Crippen molar-refractivity contribution in [2.45, 2.75) is 25.5 Å². The van der Waals surface area contributed by atoms with Gasteiger partial charge >= 0.3 is 8.80 Å². The third-order valence-electron chi connectivity index (χ3n) is 2.10.